The molecule has 0 aliphatic carbocycles. The third-order valence-electron chi connectivity index (χ3n) is 4.48. The standard InChI is InChI=1S/C17H25N5O3S/c1-13(16-19-20-17(25-16)14-4-3-11-26-14)22-8-6-21(7-9-22)12-15(23)18-5-10-24-2/h3-4,11,13H,5-10,12H2,1-2H3,(H,18,23). The van der Waals surface area contributed by atoms with E-state index in [1.54, 1.807) is 18.4 Å². The maximum Gasteiger partial charge on any atom is 0.257 e. The average Bonchev–Trinajstić information content (AvgIpc) is 3.33. The Bertz CT molecular complexity index is 682. The normalized spacial score (nSPS) is 17.3. The highest BCUT2D eigenvalue weighted by Crippen LogP contribution is 2.27. The van der Waals surface area contributed by atoms with E-state index in [0.29, 0.717) is 31.5 Å². The molecule has 1 fully saturated rings. The van der Waals surface area contributed by atoms with Crippen LogP contribution >= 0.6 is 11.3 Å². The maximum absolute atomic E-state index is 11.9. The van der Waals surface area contributed by atoms with Crippen molar-refractivity contribution in [3.8, 4) is 10.8 Å². The van der Waals surface area contributed by atoms with Gasteiger partial charge in [-0.2, -0.15) is 0 Å². The predicted molar refractivity (Wildman–Crippen MR) is 98.9 cm³/mol. The first-order valence-electron chi connectivity index (χ1n) is 8.76. The second-order valence-corrected chi connectivity index (χ2v) is 7.20. The monoisotopic (exact) mass is 379 g/mol. The van der Waals surface area contributed by atoms with E-state index in [9.17, 15) is 4.79 Å². The van der Waals surface area contributed by atoms with Crippen molar-refractivity contribution in [2.24, 2.45) is 0 Å². The van der Waals surface area contributed by atoms with Crippen LogP contribution in [0.25, 0.3) is 10.8 Å². The van der Waals surface area contributed by atoms with Crippen LogP contribution in [-0.4, -0.2) is 78.9 Å². The van der Waals surface area contributed by atoms with Gasteiger partial charge in [0.1, 0.15) is 0 Å². The number of piperazine rings is 1. The minimum Gasteiger partial charge on any atom is -0.418 e. The first-order valence-corrected chi connectivity index (χ1v) is 9.64. The molecule has 8 nitrogen and oxygen atoms in total. The van der Waals surface area contributed by atoms with Gasteiger partial charge in [-0.25, -0.2) is 0 Å². The molecule has 1 N–H and O–H groups in total. The van der Waals surface area contributed by atoms with E-state index in [0.717, 1.165) is 31.1 Å². The second-order valence-electron chi connectivity index (χ2n) is 6.25. The number of thiophene rings is 1. The maximum atomic E-state index is 11.9. The highest BCUT2D eigenvalue weighted by molar-refractivity contribution is 7.13. The van der Waals surface area contributed by atoms with Crippen LogP contribution in [0, 0.1) is 0 Å². The summed E-state index contributed by atoms with van der Waals surface area (Å²) in [6.07, 6.45) is 0. The fourth-order valence-corrected chi connectivity index (χ4v) is 3.56. The Labute approximate surface area is 157 Å². The summed E-state index contributed by atoms with van der Waals surface area (Å²) in [6, 6.07) is 4.01. The Morgan fingerprint density at radius 2 is 2.19 bits per heavy atom. The molecular weight excluding hydrogens is 354 g/mol. The topological polar surface area (TPSA) is 83.7 Å². The number of ether oxygens (including phenoxy) is 1. The molecule has 0 aromatic carbocycles. The molecule has 2 aromatic rings. The lowest BCUT2D eigenvalue weighted by atomic mass is 10.2. The molecule has 1 unspecified atom stereocenters. The molecule has 0 bridgehead atoms. The third kappa shape index (κ3) is 4.88. The fourth-order valence-electron chi connectivity index (χ4n) is 2.92. The Hall–Kier alpha value is -1.81. The van der Waals surface area contributed by atoms with Crippen molar-refractivity contribution in [3.05, 3.63) is 23.4 Å². The minimum atomic E-state index is 0.0426. The highest BCUT2D eigenvalue weighted by Gasteiger charge is 2.26. The van der Waals surface area contributed by atoms with Crippen molar-refractivity contribution < 1.29 is 13.9 Å². The number of nitrogens with zero attached hydrogens (tertiary/aromatic N) is 4. The molecule has 1 aliphatic rings. The van der Waals surface area contributed by atoms with E-state index in [1.165, 1.54) is 0 Å². The van der Waals surface area contributed by atoms with Gasteiger partial charge in [-0.05, 0) is 18.4 Å². The SMILES string of the molecule is COCCNC(=O)CN1CCN(C(C)c2nnc(-c3cccs3)o2)CC1. The zero-order chi connectivity index (χ0) is 18.4. The van der Waals surface area contributed by atoms with Gasteiger partial charge in [-0.1, -0.05) is 6.07 Å². The number of carbonyl (C=O) groups excluding carboxylic acids is 1. The van der Waals surface area contributed by atoms with Gasteiger partial charge >= 0.3 is 0 Å². The molecule has 0 saturated carbocycles. The summed E-state index contributed by atoms with van der Waals surface area (Å²) in [5, 5.41) is 13.2. The molecule has 3 rings (SSSR count). The molecular formula is C17H25N5O3S. The number of hydrogen-bond acceptors (Lipinski definition) is 8. The van der Waals surface area contributed by atoms with Gasteiger partial charge in [0.15, 0.2) is 0 Å². The van der Waals surface area contributed by atoms with E-state index < -0.39 is 0 Å². The molecule has 0 radical (unpaired) electrons. The average molecular weight is 379 g/mol. The number of methoxy groups -OCH3 is 1. The summed E-state index contributed by atoms with van der Waals surface area (Å²) < 4.78 is 10.8. The largest absolute Gasteiger partial charge is 0.418 e. The highest BCUT2D eigenvalue weighted by atomic mass is 32.1. The number of carbonyl (C=O) groups is 1. The Morgan fingerprint density at radius 1 is 1.38 bits per heavy atom. The van der Waals surface area contributed by atoms with E-state index in [1.807, 2.05) is 17.5 Å². The summed E-state index contributed by atoms with van der Waals surface area (Å²) in [6.45, 7) is 7.01. The molecule has 1 aliphatic heterocycles. The lowest BCUT2D eigenvalue weighted by Gasteiger charge is -2.36. The fraction of sp³-hybridized carbons (Fsp3) is 0.588. The number of rotatable bonds is 8. The smallest absolute Gasteiger partial charge is 0.257 e. The molecule has 1 amide bonds. The van der Waals surface area contributed by atoms with Gasteiger partial charge in [0, 0.05) is 39.8 Å². The van der Waals surface area contributed by atoms with E-state index in [2.05, 4.69) is 32.2 Å². The van der Waals surface area contributed by atoms with Gasteiger partial charge in [-0.3, -0.25) is 14.6 Å². The lowest BCUT2D eigenvalue weighted by molar-refractivity contribution is -0.122. The van der Waals surface area contributed by atoms with Gasteiger partial charge in [-0.15, -0.1) is 21.5 Å². The zero-order valence-corrected chi connectivity index (χ0v) is 16.0. The van der Waals surface area contributed by atoms with Crippen molar-refractivity contribution in [2.45, 2.75) is 13.0 Å². The van der Waals surface area contributed by atoms with Crippen LogP contribution in [0.4, 0.5) is 0 Å². The molecule has 26 heavy (non-hydrogen) atoms. The van der Waals surface area contributed by atoms with Crippen molar-refractivity contribution in [3.63, 3.8) is 0 Å². The van der Waals surface area contributed by atoms with Gasteiger partial charge in [0.2, 0.25) is 11.8 Å². The number of hydrogen-bond donors (Lipinski definition) is 1. The second kappa shape index (κ2) is 9.22. The molecule has 142 valence electrons. The molecule has 0 spiro atoms. The molecule has 3 heterocycles. The summed E-state index contributed by atoms with van der Waals surface area (Å²) in [7, 11) is 1.62. The van der Waals surface area contributed by atoms with E-state index in [4.69, 9.17) is 9.15 Å². The lowest BCUT2D eigenvalue weighted by Crippen LogP contribution is -2.50. The van der Waals surface area contributed by atoms with Gasteiger partial charge in [0.25, 0.3) is 5.89 Å². The Balaban J connectivity index is 1.46. The van der Waals surface area contributed by atoms with Crippen molar-refractivity contribution in [1.82, 2.24) is 25.3 Å². The van der Waals surface area contributed by atoms with Crippen LogP contribution in [0.5, 0.6) is 0 Å². The van der Waals surface area contributed by atoms with Crippen LogP contribution in [-0.2, 0) is 9.53 Å². The number of nitrogens with one attached hydrogen (secondary N) is 1. The Kier molecular flexibility index (Phi) is 6.73. The summed E-state index contributed by atoms with van der Waals surface area (Å²) in [5.41, 5.74) is 0. The van der Waals surface area contributed by atoms with Crippen LogP contribution in [0.15, 0.2) is 21.9 Å². The van der Waals surface area contributed by atoms with E-state index >= 15 is 0 Å². The van der Waals surface area contributed by atoms with Crippen molar-refractivity contribution >= 4 is 17.2 Å². The molecule has 1 saturated heterocycles. The van der Waals surface area contributed by atoms with Crippen LogP contribution in [0.1, 0.15) is 18.9 Å². The third-order valence-corrected chi connectivity index (χ3v) is 5.34. The minimum absolute atomic E-state index is 0.0426. The summed E-state index contributed by atoms with van der Waals surface area (Å²) >= 11 is 1.59. The molecule has 2 aromatic heterocycles. The number of amides is 1. The first-order chi connectivity index (χ1) is 12.7. The van der Waals surface area contributed by atoms with Gasteiger partial charge < -0.3 is 14.5 Å². The van der Waals surface area contributed by atoms with E-state index in [-0.39, 0.29) is 11.9 Å². The van der Waals surface area contributed by atoms with Crippen molar-refractivity contribution in [1.29, 1.82) is 0 Å². The predicted octanol–water partition coefficient (Wildman–Crippen LogP) is 1.24. The van der Waals surface area contributed by atoms with Crippen molar-refractivity contribution in [2.75, 3.05) is 53.0 Å². The quantitative estimate of drug-likeness (QED) is 0.691. The summed E-state index contributed by atoms with van der Waals surface area (Å²) in [5.74, 6) is 1.26. The molecule has 9 heteroatoms. The number of aromatic nitrogens is 2. The van der Waals surface area contributed by atoms with Crippen LogP contribution in [0.3, 0.4) is 0 Å². The van der Waals surface area contributed by atoms with Crippen LogP contribution < -0.4 is 5.32 Å². The van der Waals surface area contributed by atoms with Gasteiger partial charge in [0.05, 0.1) is 24.1 Å². The van der Waals surface area contributed by atoms with Crippen LogP contribution in [0.2, 0.25) is 0 Å². The Morgan fingerprint density at radius 3 is 2.88 bits per heavy atom. The zero-order valence-electron chi connectivity index (χ0n) is 15.2. The summed E-state index contributed by atoms with van der Waals surface area (Å²) in [4.78, 5) is 17.3. The molecule has 1 atom stereocenters. The first kappa shape index (κ1) is 19.0.